The van der Waals surface area contributed by atoms with Gasteiger partial charge in [0.25, 0.3) is 0 Å². The molecule has 1 atom stereocenters. The van der Waals surface area contributed by atoms with Crippen LogP contribution in [0.3, 0.4) is 0 Å². The van der Waals surface area contributed by atoms with Crippen LogP contribution < -0.4 is 5.32 Å². The van der Waals surface area contributed by atoms with Crippen molar-refractivity contribution >= 4 is 0 Å². The molecule has 0 aromatic heterocycles. The van der Waals surface area contributed by atoms with E-state index in [4.69, 9.17) is 0 Å². The van der Waals surface area contributed by atoms with E-state index in [9.17, 15) is 4.39 Å². The summed E-state index contributed by atoms with van der Waals surface area (Å²) in [5, 5.41) is 3.52. The van der Waals surface area contributed by atoms with Crippen LogP contribution in [0, 0.1) is 18.7 Å². The zero-order valence-corrected chi connectivity index (χ0v) is 12.9. The summed E-state index contributed by atoms with van der Waals surface area (Å²) in [6.07, 6.45) is 10.6. The predicted octanol–water partition coefficient (Wildman–Crippen LogP) is 4.63. The van der Waals surface area contributed by atoms with Crippen LogP contribution in [0.4, 0.5) is 4.39 Å². The molecule has 1 nitrogen and oxygen atoms in total. The Balaban J connectivity index is 2.03. The van der Waals surface area contributed by atoms with Crippen LogP contribution in [0.25, 0.3) is 0 Å². The zero-order chi connectivity index (χ0) is 14.4. The standard InChI is InChI=1S/C18H28FN/c1-14-12-17(19)11-10-16(14)13-18(20-2)15-8-6-4-3-5-7-9-15/h10-12,15,18,20H,3-9,13H2,1-2H3. The van der Waals surface area contributed by atoms with Crippen molar-refractivity contribution in [2.45, 2.75) is 64.3 Å². The molecule has 0 saturated heterocycles. The molecule has 0 amide bonds. The molecule has 1 aliphatic carbocycles. The average Bonchev–Trinajstić information content (AvgIpc) is 2.39. The molecule has 2 heteroatoms. The third-order valence-corrected chi connectivity index (χ3v) is 4.83. The van der Waals surface area contributed by atoms with E-state index in [2.05, 4.69) is 12.4 Å². The fourth-order valence-electron chi connectivity index (χ4n) is 3.52. The van der Waals surface area contributed by atoms with Crippen LogP contribution >= 0.6 is 0 Å². The fourth-order valence-corrected chi connectivity index (χ4v) is 3.52. The quantitative estimate of drug-likeness (QED) is 0.846. The first-order valence-corrected chi connectivity index (χ1v) is 8.13. The molecule has 1 aromatic rings. The predicted molar refractivity (Wildman–Crippen MR) is 83.5 cm³/mol. The first-order valence-electron chi connectivity index (χ1n) is 8.13. The molecule has 0 bridgehead atoms. The number of hydrogen-bond donors (Lipinski definition) is 1. The van der Waals surface area contributed by atoms with Crippen LogP contribution in [-0.4, -0.2) is 13.1 Å². The van der Waals surface area contributed by atoms with Crippen molar-refractivity contribution in [3.05, 3.63) is 35.1 Å². The van der Waals surface area contributed by atoms with Gasteiger partial charge in [0, 0.05) is 6.04 Å². The number of likely N-dealkylation sites (N-methyl/N-ethyl adjacent to an activating group) is 1. The maximum absolute atomic E-state index is 13.2. The Morgan fingerprint density at radius 2 is 1.80 bits per heavy atom. The van der Waals surface area contributed by atoms with E-state index in [1.54, 1.807) is 12.1 Å². The van der Waals surface area contributed by atoms with Crippen molar-refractivity contribution in [1.29, 1.82) is 0 Å². The number of benzene rings is 1. The Hall–Kier alpha value is -0.890. The Morgan fingerprint density at radius 3 is 2.40 bits per heavy atom. The molecule has 0 heterocycles. The van der Waals surface area contributed by atoms with Gasteiger partial charge >= 0.3 is 0 Å². The highest BCUT2D eigenvalue weighted by Gasteiger charge is 2.21. The minimum Gasteiger partial charge on any atom is -0.316 e. The lowest BCUT2D eigenvalue weighted by molar-refractivity contribution is 0.293. The normalized spacial score (nSPS) is 19.4. The maximum atomic E-state index is 13.2. The van der Waals surface area contributed by atoms with Crippen LogP contribution in [0.5, 0.6) is 0 Å². The monoisotopic (exact) mass is 277 g/mol. The fraction of sp³-hybridized carbons (Fsp3) is 0.667. The molecule has 0 aliphatic heterocycles. The molecule has 0 radical (unpaired) electrons. The largest absolute Gasteiger partial charge is 0.316 e. The lowest BCUT2D eigenvalue weighted by Crippen LogP contribution is -2.36. The number of nitrogens with one attached hydrogen (secondary N) is 1. The molecule has 1 saturated carbocycles. The second-order valence-electron chi connectivity index (χ2n) is 6.28. The van der Waals surface area contributed by atoms with Gasteiger partial charge in [0.1, 0.15) is 5.82 Å². The van der Waals surface area contributed by atoms with E-state index in [1.165, 1.54) is 50.5 Å². The molecule has 112 valence electrons. The molecule has 20 heavy (non-hydrogen) atoms. The molecular formula is C18H28FN. The van der Waals surface area contributed by atoms with Gasteiger partial charge in [-0.2, -0.15) is 0 Å². The SMILES string of the molecule is CNC(Cc1ccc(F)cc1C)C1CCCCCCC1. The molecule has 1 aromatic carbocycles. The van der Waals surface area contributed by atoms with Gasteiger partial charge in [-0.1, -0.05) is 38.2 Å². The van der Waals surface area contributed by atoms with Crippen molar-refractivity contribution in [3.63, 3.8) is 0 Å². The summed E-state index contributed by atoms with van der Waals surface area (Å²) in [4.78, 5) is 0. The minimum absolute atomic E-state index is 0.127. The molecule has 1 aliphatic rings. The lowest BCUT2D eigenvalue weighted by Gasteiger charge is -2.29. The van der Waals surface area contributed by atoms with Gasteiger partial charge in [0.05, 0.1) is 0 Å². The highest BCUT2D eigenvalue weighted by molar-refractivity contribution is 5.27. The highest BCUT2D eigenvalue weighted by Crippen LogP contribution is 2.27. The van der Waals surface area contributed by atoms with Crippen LogP contribution in [0.1, 0.15) is 56.1 Å². The summed E-state index contributed by atoms with van der Waals surface area (Å²) in [6.45, 7) is 2.02. The molecule has 1 N–H and O–H groups in total. The second kappa shape index (κ2) is 7.78. The van der Waals surface area contributed by atoms with Gasteiger partial charge in [0.15, 0.2) is 0 Å². The molecular weight excluding hydrogens is 249 g/mol. The molecule has 1 fully saturated rings. The first kappa shape index (κ1) is 15.5. The van der Waals surface area contributed by atoms with Gasteiger partial charge in [0.2, 0.25) is 0 Å². The molecule has 0 spiro atoms. The van der Waals surface area contributed by atoms with Crippen molar-refractivity contribution in [1.82, 2.24) is 5.32 Å². The minimum atomic E-state index is -0.127. The topological polar surface area (TPSA) is 12.0 Å². The Bertz CT molecular complexity index is 408. The molecule has 2 rings (SSSR count). The highest BCUT2D eigenvalue weighted by atomic mass is 19.1. The smallest absolute Gasteiger partial charge is 0.123 e. The summed E-state index contributed by atoms with van der Waals surface area (Å²) >= 11 is 0. The summed E-state index contributed by atoms with van der Waals surface area (Å²) in [5.41, 5.74) is 2.36. The van der Waals surface area contributed by atoms with Gasteiger partial charge in [-0.15, -0.1) is 0 Å². The number of aryl methyl sites for hydroxylation is 1. The van der Waals surface area contributed by atoms with Gasteiger partial charge < -0.3 is 5.32 Å². The Kier molecular flexibility index (Phi) is 6.03. The van der Waals surface area contributed by atoms with Crippen molar-refractivity contribution in [3.8, 4) is 0 Å². The Morgan fingerprint density at radius 1 is 1.15 bits per heavy atom. The van der Waals surface area contributed by atoms with Crippen molar-refractivity contribution in [2.24, 2.45) is 5.92 Å². The van der Waals surface area contributed by atoms with Crippen LogP contribution in [-0.2, 0) is 6.42 Å². The Labute approximate surface area is 123 Å². The summed E-state index contributed by atoms with van der Waals surface area (Å²) in [7, 11) is 2.07. The van der Waals surface area contributed by atoms with E-state index < -0.39 is 0 Å². The number of rotatable bonds is 4. The van der Waals surface area contributed by atoms with E-state index >= 15 is 0 Å². The van der Waals surface area contributed by atoms with Crippen molar-refractivity contribution < 1.29 is 4.39 Å². The summed E-state index contributed by atoms with van der Waals surface area (Å²) in [6, 6.07) is 5.72. The third kappa shape index (κ3) is 4.31. The van der Waals surface area contributed by atoms with Crippen LogP contribution in [0.2, 0.25) is 0 Å². The van der Waals surface area contributed by atoms with Crippen LogP contribution in [0.15, 0.2) is 18.2 Å². The lowest BCUT2D eigenvalue weighted by atomic mass is 9.83. The number of halogens is 1. The van der Waals surface area contributed by atoms with Gasteiger partial charge in [-0.25, -0.2) is 4.39 Å². The number of hydrogen-bond acceptors (Lipinski definition) is 1. The summed E-state index contributed by atoms with van der Waals surface area (Å²) in [5.74, 6) is 0.642. The van der Waals surface area contributed by atoms with E-state index in [1.807, 2.05) is 13.0 Å². The molecule has 1 unspecified atom stereocenters. The van der Waals surface area contributed by atoms with Gasteiger partial charge in [-0.05, 0) is 62.4 Å². The first-order chi connectivity index (χ1) is 9.70. The van der Waals surface area contributed by atoms with E-state index in [0.717, 1.165) is 17.9 Å². The summed E-state index contributed by atoms with van der Waals surface area (Å²) < 4.78 is 13.2. The van der Waals surface area contributed by atoms with E-state index in [-0.39, 0.29) is 5.82 Å². The van der Waals surface area contributed by atoms with Crippen molar-refractivity contribution in [2.75, 3.05) is 7.05 Å². The maximum Gasteiger partial charge on any atom is 0.123 e. The second-order valence-corrected chi connectivity index (χ2v) is 6.28. The third-order valence-electron chi connectivity index (χ3n) is 4.83. The zero-order valence-electron chi connectivity index (χ0n) is 12.9. The van der Waals surface area contributed by atoms with Gasteiger partial charge in [-0.3, -0.25) is 0 Å². The average molecular weight is 277 g/mol. The van der Waals surface area contributed by atoms with E-state index in [0.29, 0.717) is 6.04 Å².